The Bertz CT molecular complexity index is 649. The third-order valence-corrected chi connectivity index (χ3v) is 4.04. The van der Waals surface area contributed by atoms with E-state index in [1.807, 2.05) is 24.3 Å². The quantitative estimate of drug-likeness (QED) is 0.860. The molecule has 19 heavy (non-hydrogen) atoms. The fourth-order valence-corrected chi connectivity index (χ4v) is 3.00. The zero-order valence-electron chi connectivity index (χ0n) is 11.1. The molecule has 1 saturated heterocycles. The predicted octanol–water partition coefficient (Wildman–Crippen LogP) is 1.70. The topological polar surface area (TPSA) is 62.1 Å². The summed E-state index contributed by atoms with van der Waals surface area (Å²) in [7, 11) is 0. The molecule has 1 aliphatic heterocycles. The number of H-pyrrole nitrogens is 1. The van der Waals surface area contributed by atoms with Crippen molar-refractivity contribution in [2.45, 2.75) is 19.4 Å². The van der Waals surface area contributed by atoms with Crippen LogP contribution in [0.15, 0.2) is 35.1 Å². The first-order valence-corrected chi connectivity index (χ1v) is 6.78. The number of nitrogens with one attached hydrogen (secondary N) is 1. The number of fused-ring (bicyclic) bond motifs is 1. The van der Waals surface area contributed by atoms with Crippen LogP contribution in [-0.2, 0) is 0 Å². The molecule has 2 atom stereocenters. The van der Waals surface area contributed by atoms with Gasteiger partial charge in [-0.2, -0.15) is 0 Å². The van der Waals surface area contributed by atoms with Gasteiger partial charge in [0.25, 0.3) is 5.56 Å². The molecular formula is C15H19N3O. The Kier molecular flexibility index (Phi) is 3.03. The number of anilines is 1. The first-order valence-electron chi connectivity index (χ1n) is 6.78. The van der Waals surface area contributed by atoms with Gasteiger partial charge in [0.2, 0.25) is 0 Å². The van der Waals surface area contributed by atoms with E-state index in [4.69, 9.17) is 5.73 Å². The lowest BCUT2D eigenvalue weighted by molar-refractivity contribution is 0.579. The van der Waals surface area contributed by atoms with Crippen molar-refractivity contribution in [2.75, 3.05) is 18.0 Å². The van der Waals surface area contributed by atoms with Gasteiger partial charge in [0.05, 0.1) is 0 Å². The van der Waals surface area contributed by atoms with Gasteiger partial charge >= 0.3 is 0 Å². The highest BCUT2D eigenvalue weighted by molar-refractivity contribution is 5.83. The summed E-state index contributed by atoms with van der Waals surface area (Å²) in [5.74, 6) is 1.43. The molecule has 1 fully saturated rings. The smallest absolute Gasteiger partial charge is 0.257 e. The lowest BCUT2D eigenvalue weighted by Crippen LogP contribution is -2.30. The second kappa shape index (κ2) is 4.70. The van der Waals surface area contributed by atoms with E-state index < -0.39 is 0 Å². The molecule has 1 aromatic carbocycles. The first kappa shape index (κ1) is 12.2. The van der Waals surface area contributed by atoms with Crippen LogP contribution in [0.3, 0.4) is 0 Å². The van der Waals surface area contributed by atoms with Crippen LogP contribution in [0.25, 0.3) is 10.8 Å². The standard InChI is InChI=1S/C15H19N3O/c1-10-6-11(8-16)9-18(10)14-7-12-4-2-3-5-13(12)15(19)17-14/h2-5,7,10-11H,6,8-9,16H2,1H3,(H,17,19). The van der Waals surface area contributed by atoms with Crippen molar-refractivity contribution in [3.05, 3.63) is 40.7 Å². The zero-order valence-corrected chi connectivity index (χ0v) is 11.1. The average molecular weight is 257 g/mol. The lowest BCUT2D eigenvalue weighted by atomic mass is 10.1. The zero-order chi connectivity index (χ0) is 13.4. The molecule has 0 amide bonds. The second-order valence-corrected chi connectivity index (χ2v) is 5.41. The molecule has 2 unspecified atom stereocenters. The molecule has 2 aromatic rings. The Morgan fingerprint density at radius 3 is 2.95 bits per heavy atom. The van der Waals surface area contributed by atoms with Gasteiger partial charge in [-0.05, 0) is 43.3 Å². The van der Waals surface area contributed by atoms with E-state index in [0.717, 1.165) is 29.6 Å². The van der Waals surface area contributed by atoms with E-state index >= 15 is 0 Å². The molecule has 1 aromatic heterocycles. The number of rotatable bonds is 2. The maximum Gasteiger partial charge on any atom is 0.257 e. The molecular weight excluding hydrogens is 238 g/mol. The predicted molar refractivity (Wildman–Crippen MR) is 78.5 cm³/mol. The van der Waals surface area contributed by atoms with Gasteiger partial charge in [-0.1, -0.05) is 18.2 Å². The molecule has 0 saturated carbocycles. The van der Waals surface area contributed by atoms with Crippen LogP contribution >= 0.6 is 0 Å². The molecule has 0 aliphatic carbocycles. The van der Waals surface area contributed by atoms with Crippen LogP contribution < -0.4 is 16.2 Å². The summed E-state index contributed by atoms with van der Waals surface area (Å²) in [4.78, 5) is 17.4. The van der Waals surface area contributed by atoms with E-state index in [0.29, 0.717) is 18.5 Å². The van der Waals surface area contributed by atoms with Gasteiger partial charge in [-0.3, -0.25) is 4.79 Å². The highest BCUT2D eigenvalue weighted by Crippen LogP contribution is 2.27. The minimum Gasteiger partial charge on any atom is -0.355 e. The monoisotopic (exact) mass is 257 g/mol. The number of benzene rings is 1. The van der Waals surface area contributed by atoms with Gasteiger partial charge in [0, 0.05) is 18.0 Å². The summed E-state index contributed by atoms with van der Waals surface area (Å²) in [5, 5.41) is 1.73. The number of pyridine rings is 1. The van der Waals surface area contributed by atoms with Gasteiger partial charge in [-0.25, -0.2) is 0 Å². The van der Waals surface area contributed by atoms with Crippen molar-refractivity contribution in [1.82, 2.24) is 4.98 Å². The van der Waals surface area contributed by atoms with Crippen LogP contribution in [0.2, 0.25) is 0 Å². The Hall–Kier alpha value is -1.81. The van der Waals surface area contributed by atoms with E-state index in [-0.39, 0.29) is 5.56 Å². The van der Waals surface area contributed by atoms with Crippen molar-refractivity contribution in [3.8, 4) is 0 Å². The third kappa shape index (κ3) is 2.12. The van der Waals surface area contributed by atoms with Crippen molar-refractivity contribution >= 4 is 16.6 Å². The van der Waals surface area contributed by atoms with Crippen LogP contribution in [0.5, 0.6) is 0 Å². The summed E-state index contributed by atoms with van der Waals surface area (Å²) in [5.41, 5.74) is 5.74. The Morgan fingerprint density at radius 1 is 1.42 bits per heavy atom. The molecule has 100 valence electrons. The number of hydrogen-bond donors (Lipinski definition) is 2. The van der Waals surface area contributed by atoms with Crippen molar-refractivity contribution in [2.24, 2.45) is 11.7 Å². The Morgan fingerprint density at radius 2 is 2.21 bits per heavy atom. The number of aromatic nitrogens is 1. The third-order valence-electron chi connectivity index (χ3n) is 4.04. The molecule has 0 radical (unpaired) electrons. The van der Waals surface area contributed by atoms with Crippen LogP contribution in [0, 0.1) is 5.92 Å². The van der Waals surface area contributed by atoms with E-state index in [9.17, 15) is 4.79 Å². The summed E-state index contributed by atoms with van der Waals surface area (Å²) in [6.07, 6.45) is 1.09. The molecule has 4 heteroatoms. The maximum atomic E-state index is 12.1. The number of aromatic amines is 1. The molecule has 0 bridgehead atoms. The van der Waals surface area contributed by atoms with Crippen LogP contribution in [0.1, 0.15) is 13.3 Å². The fraction of sp³-hybridized carbons (Fsp3) is 0.400. The second-order valence-electron chi connectivity index (χ2n) is 5.41. The summed E-state index contributed by atoms with van der Waals surface area (Å²) < 4.78 is 0. The molecule has 1 aliphatic rings. The van der Waals surface area contributed by atoms with Gasteiger partial charge in [0.15, 0.2) is 0 Å². The first-order chi connectivity index (χ1) is 9.19. The summed E-state index contributed by atoms with van der Waals surface area (Å²) in [6.45, 7) is 3.81. The van der Waals surface area contributed by atoms with Crippen molar-refractivity contribution in [1.29, 1.82) is 0 Å². The molecule has 3 rings (SSSR count). The van der Waals surface area contributed by atoms with Gasteiger partial charge < -0.3 is 15.6 Å². The number of nitrogens with zero attached hydrogens (tertiary/aromatic N) is 1. The van der Waals surface area contributed by atoms with E-state index in [1.165, 1.54) is 0 Å². The fourth-order valence-electron chi connectivity index (χ4n) is 3.00. The van der Waals surface area contributed by atoms with Crippen molar-refractivity contribution in [3.63, 3.8) is 0 Å². The normalized spacial score (nSPS) is 23.2. The number of nitrogens with two attached hydrogens (primary N) is 1. The largest absolute Gasteiger partial charge is 0.355 e. The maximum absolute atomic E-state index is 12.1. The highest BCUT2D eigenvalue weighted by Gasteiger charge is 2.28. The highest BCUT2D eigenvalue weighted by atomic mass is 16.1. The average Bonchev–Trinajstić information content (AvgIpc) is 2.80. The summed E-state index contributed by atoms with van der Waals surface area (Å²) >= 11 is 0. The lowest BCUT2D eigenvalue weighted by Gasteiger charge is -2.23. The van der Waals surface area contributed by atoms with Crippen LogP contribution in [0.4, 0.5) is 5.82 Å². The molecule has 3 N–H and O–H groups in total. The summed E-state index contributed by atoms with van der Waals surface area (Å²) in [6, 6.07) is 10.2. The van der Waals surface area contributed by atoms with Gasteiger partial charge in [-0.15, -0.1) is 0 Å². The molecule has 0 spiro atoms. The number of hydrogen-bond acceptors (Lipinski definition) is 3. The van der Waals surface area contributed by atoms with Crippen LogP contribution in [-0.4, -0.2) is 24.1 Å². The minimum absolute atomic E-state index is 0.0171. The van der Waals surface area contributed by atoms with E-state index in [2.05, 4.69) is 22.9 Å². The van der Waals surface area contributed by atoms with E-state index in [1.54, 1.807) is 0 Å². The Balaban J connectivity index is 2.04. The molecule has 2 heterocycles. The minimum atomic E-state index is -0.0171. The molecule has 4 nitrogen and oxygen atoms in total. The SMILES string of the molecule is CC1CC(CN)CN1c1cc2ccccc2c(=O)[nH]1. The van der Waals surface area contributed by atoms with Crippen molar-refractivity contribution < 1.29 is 0 Å². The van der Waals surface area contributed by atoms with Gasteiger partial charge in [0.1, 0.15) is 5.82 Å². The Labute approximate surface area is 112 Å².